The van der Waals surface area contributed by atoms with Gasteiger partial charge >= 0.3 is 5.97 Å². The molecule has 0 fully saturated rings. The Labute approximate surface area is 90.5 Å². The first-order valence-electron chi connectivity index (χ1n) is 4.50. The van der Waals surface area contributed by atoms with Gasteiger partial charge in [0.15, 0.2) is 0 Å². The number of rotatable bonds is 3. The monoisotopic (exact) mass is 219 g/mol. The van der Waals surface area contributed by atoms with Crippen molar-refractivity contribution in [2.45, 2.75) is 6.54 Å². The predicted octanol–water partition coefficient (Wildman–Crippen LogP) is 0.00690. The molecule has 7 heteroatoms. The van der Waals surface area contributed by atoms with Crippen LogP contribution in [-0.4, -0.2) is 31.1 Å². The van der Waals surface area contributed by atoms with Crippen LogP contribution < -0.4 is 5.73 Å². The summed E-state index contributed by atoms with van der Waals surface area (Å²) < 4.78 is 1.22. The molecule has 0 radical (unpaired) electrons. The summed E-state index contributed by atoms with van der Waals surface area (Å²) in [6, 6.07) is 5.13. The van der Waals surface area contributed by atoms with Crippen molar-refractivity contribution in [3.63, 3.8) is 0 Å². The Kier molecular flexibility index (Phi) is 2.50. The summed E-state index contributed by atoms with van der Waals surface area (Å²) in [5.41, 5.74) is 6.58. The van der Waals surface area contributed by atoms with Crippen molar-refractivity contribution in [3.8, 4) is 11.4 Å². The number of hydrogen-bond acceptors (Lipinski definition) is 5. The molecular formula is C9H9N5O2. The van der Waals surface area contributed by atoms with Crippen molar-refractivity contribution in [2.24, 2.45) is 0 Å². The van der Waals surface area contributed by atoms with E-state index in [1.165, 1.54) is 10.9 Å². The zero-order valence-electron chi connectivity index (χ0n) is 8.24. The molecule has 0 aliphatic carbocycles. The Hall–Kier alpha value is -2.44. The van der Waals surface area contributed by atoms with E-state index >= 15 is 0 Å². The lowest BCUT2D eigenvalue weighted by molar-refractivity contribution is -0.137. The molecule has 0 spiro atoms. The first-order valence-corrected chi connectivity index (χ1v) is 4.50. The second-order valence-corrected chi connectivity index (χ2v) is 3.14. The van der Waals surface area contributed by atoms with Crippen LogP contribution >= 0.6 is 0 Å². The maximum atomic E-state index is 10.4. The maximum Gasteiger partial charge on any atom is 0.325 e. The number of aromatic nitrogens is 4. The second-order valence-electron chi connectivity index (χ2n) is 3.14. The van der Waals surface area contributed by atoms with Crippen LogP contribution in [-0.2, 0) is 11.3 Å². The number of hydrogen-bond donors (Lipinski definition) is 2. The van der Waals surface area contributed by atoms with Gasteiger partial charge < -0.3 is 10.8 Å². The third kappa shape index (κ3) is 2.14. The molecule has 0 saturated carbocycles. The van der Waals surface area contributed by atoms with Gasteiger partial charge in [0.05, 0.1) is 11.9 Å². The van der Waals surface area contributed by atoms with E-state index in [2.05, 4.69) is 15.3 Å². The fraction of sp³-hybridized carbons (Fsp3) is 0.111. The number of carbonyl (C=O) groups is 1. The van der Waals surface area contributed by atoms with Gasteiger partial charge in [-0.25, -0.2) is 9.67 Å². The molecule has 2 heterocycles. The van der Waals surface area contributed by atoms with E-state index in [4.69, 9.17) is 10.8 Å². The number of nitrogens with zero attached hydrogens (tertiary/aromatic N) is 4. The average molecular weight is 219 g/mol. The van der Waals surface area contributed by atoms with Gasteiger partial charge in [-0.3, -0.25) is 4.79 Å². The van der Waals surface area contributed by atoms with Crippen LogP contribution in [0.5, 0.6) is 0 Å². The topological polar surface area (TPSA) is 107 Å². The zero-order chi connectivity index (χ0) is 11.5. The summed E-state index contributed by atoms with van der Waals surface area (Å²) in [6.07, 6.45) is 1.51. The number of pyridine rings is 1. The van der Waals surface area contributed by atoms with Crippen LogP contribution in [0.1, 0.15) is 0 Å². The number of aliphatic carboxylic acids is 1. The number of nitrogen functional groups attached to an aromatic ring is 1. The van der Waals surface area contributed by atoms with E-state index in [-0.39, 0.29) is 6.54 Å². The first-order chi connectivity index (χ1) is 7.65. The van der Waals surface area contributed by atoms with Gasteiger partial charge in [0, 0.05) is 0 Å². The second kappa shape index (κ2) is 3.97. The maximum absolute atomic E-state index is 10.4. The summed E-state index contributed by atoms with van der Waals surface area (Å²) in [6.45, 7) is -0.227. The fourth-order valence-corrected chi connectivity index (χ4v) is 1.23. The molecule has 0 aliphatic heterocycles. The van der Waals surface area contributed by atoms with E-state index < -0.39 is 5.97 Å². The lowest BCUT2D eigenvalue weighted by Crippen LogP contribution is -2.08. The van der Waals surface area contributed by atoms with Gasteiger partial charge in [-0.05, 0) is 12.1 Å². The fourth-order valence-electron chi connectivity index (χ4n) is 1.23. The van der Waals surface area contributed by atoms with E-state index in [0.717, 1.165) is 0 Å². The summed E-state index contributed by atoms with van der Waals surface area (Å²) >= 11 is 0. The van der Waals surface area contributed by atoms with Crippen LogP contribution in [0, 0.1) is 0 Å². The molecule has 0 atom stereocenters. The highest BCUT2D eigenvalue weighted by atomic mass is 16.4. The zero-order valence-corrected chi connectivity index (χ0v) is 8.24. The van der Waals surface area contributed by atoms with Gasteiger partial charge in [-0.1, -0.05) is 11.3 Å². The number of anilines is 1. The largest absolute Gasteiger partial charge is 0.480 e. The van der Waals surface area contributed by atoms with Gasteiger partial charge in [-0.15, -0.1) is 5.10 Å². The van der Waals surface area contributed by atoms with E-state index in [9.17, 15) is 4.79 Å². The highest BCUT2D eigenvalue weighted by Gasteiger charge is 2.07. The van der Waals surface area contributed by atoms with Crippen LogP contribution in [0.15, 0.2) is 24.4 Å². The highest BCUT2D eigenvalue weighted by molar-refractivity contribution is 5.66. The smallest absolute Gasteiger partial charge is 0.325 e. The van der Waals surface area contributed by atoms with E-state index in [1.54, 1.807) is 18.2 Å². The van der Waals surface area contributed by atoms with E-state index in [1.807, 2.05) is 0 Å². The summed E-state index contributed by atoms with van der Waals surface area (Å²) in [4.78, 5) is 14.5. The molecule has 82 valence electrons. The molecule has 0 saturated heterocycles. The predicted molar refractivity (Wildman–Crippen MR) is 55.3 cm³/mol. The Morgan fingerprint density at radius 3 is 2.94 bits per heavy atom. The van der Waals surface area contributed by atoms with Crippen molar-refractivity contribution >= 4 is 11.8 Å². The van der Waals surface area contributed by atoms with Crippen molar-refractivity contribution in [1.82, 2.24) is 20.0 Å². The normalized spacial score (nSPS) is 10.2. The summed E-state index contributed by atoms with van der Waals surface area (Å²) in [5.74, 6) is -0.595. The van der Waals surface area contributed by atoms with Gasteiger partial charge in [-0.2, -0.15) is 0 Å². The molecule has 2 aromatic heterocycles. The number of carboxylic acid groups (broad SMARTS) is 1. The Morgan fingerprint density at radius 2 is 2.25 bits per heavy atom. The summed E-state index contributed by atoms with van der Waals surface area (Å²) in [7, 11) is 0. The van der Waals surface area contributed by atoms with Gasteiger partial charge in [0.25, 0.3) is 0 Å². The molecule has 16 heavy (non-hydrogen) atoms. The van der Waals surface area contributed by atoms with Crippen molar-refractivity contribution in [1.29, 1.82) is 0 Å². The lowest BCUT2D eigenvalue weighted by Gasteiger charge is -1.95. The minimum absolute atomic E-state index is 0.227. The third-order valence-corrected chi connectivity index (χ3v) is 1.87. The van der Waals surface area contributed by atoms with Gasteiger partial charge in [0.2, 0.25) is 0 Å². The van der Waals surface area contributed by atoms with Crippen LogP contribution in [0.25, 0.3) is 11.4 Å². The van der Waals surface area contributed by atoms with Crippen LogP contribution in [0.4, 0.5) is 5.82 Å². The molecule has 0 aliphatic rings. The molecule has 0 amide bonds. The molecule has 7 nitrogen and oxygen atoms in total. The average Bonchev–Trinajstić information content (AvgIpc) is 2.65. The molecule has 2 aromatic rings. The molecule has 3 N–H and O–H groups in total. The first kappa shape index (κ1) is 10.1. The third-order valence-electron chi connectivity index (χ3n) is 1.87. The van der Waals surface area contributed by atoms with Crippen molar-refractivity contribution < 1.29 is 9.90 Å². The van der Waals surface area contributed by atoms with E-state index in [0.29, 0.717) is 17.2 Å². The number of carboxylic acids is 1. The Bertz CT molecular complexity index is 522. The van der Waals surface area contributed by atoms with Crippen LogP contribution in [0.3, 0.4) is 0 Å². The minimum atomic E-state index is -0.975. The summed E-state index contributed by atoms with van der Waals surface area (Å²) in [5, 5.41) is 16.0. The SMILES string of the molecule is Nc1cccc(-c2cn(CC(=O)O)nn2)n1. The molecule has 2 rings (SSSR count). The standard InChI is InChI=1S/C9H9N5O2/c10-8-3-1-2-6(11-8)7-4-14(13-12-7)5-9(15)16/h1-4H,5H2,(H2,10,11)(H,15,16). The lowest BCUT2D eigenvalue weighted by atomic mass is 10.3. The molecule has 0 aromatic carbocycles. The molecule has 0 bridgehead atoms. The minimum Gasteiger partial charge on any atom is -0.480 e. The van der Waals surface area contributed by atoms with Gasteiger partial charge in [0.1, 0.15) is 18.1 Å². The van der Waals surface area contributed by atoms with Crippen molar-refractivity contribution in [3.05, 3.63) is 24.4 Å². The van der Waals surface area contributed by atoms with Crippen LogP contribution in [0.2, 0.25) is 0 Å². The van der Waals surface area contributed by atoms with Crippen molar-refractivity contribution in [2.75, 3.05) is 5.73 Å². The Morgan fingerprint density at radius 1 is 1.44 bits per heavy atom. The quantitative estimate of drug-likeness (QED) is 0.752. The number of nitrogens with two attached hydrogens (primary N) is 1. The molecular weight excluding hydrogens is 210 g/mol. The molecule has 0 unspecified atom stereocenters. The Balaban J connectivity index is 2.28. The highest BCUT2D eigenvalue weighted by Crippen LogP contribution is 2.13.